The molecule has 0 atom stereocenters. The van der Waals surface area contributed by atoms with Crippen molar-refractivity contribution in [2.75, 3.05) is 12.0 Å². The van der Waals surface area contributed by atoms with E-state index in [0.717, 1.165) is 4.90 Å². The predicted octanol–water partition coefficient (Wildman–Crippen LogP) is 3.44. The maximum absolute atomic E-state index is 12.6. The van der Waals surface area contributed by atoms with Crippen molar-refractivity contribution in [1.29, 1.82) is 0 Å². The van der Waals surface area contributed by atoms with Crippen LogP contribution in [-0.4, -0.2) is 23.3 Å². The number of nitrogens with two attached hydrogens (primary N) is 1. The third-order valence-electron chi connectivity index (χ3n) is 2.45. The lowest BCUT2D eigenvalue weighted by atomic mass is 10.2. The molecule has 1 aromatic heterocycles. The van der Waals surface area contributed by atoms with Gasteiger partial charge in [0.15, 0.2) is 0 Å². The molecule has 118 valence electrons. The molecule has 0 radical (unpaired) electrons. The third-order valence-corrected chi connectivity index (χ3v) is 3.64. The van der Waals surface area contributed by atoms with Gasteiger partial charge in [-0.25, -0.2) is 9.69 Å². The van der Waals surface area contributed by atoms with E-state index in [4.69, 9.17) is 22.1 Å². The van der Waals surface area contributed by atoms with Gasteiger partial charge in [0, 0.05) is 5.02 Å². The molecule has 0 saturated heterocycles. The van der Waals surface area contributed by atoms with Crippen LogP contribution in [0.5, 0.6) is 5.75 Å². The third kappa shape index (κ3) is 3.22. The lowest BCUT2D eigenvalue weighted by Gasteiger charge is -2.19. The number of primary amides is 1. The standard InChI is InChI=1S/C11H8ClF3N4O2S/c1-21-7-3-2-5(12)4-6(7)19(9(16)20)10-18-17-8(22-10)11(13,14)15/h2-4H,1H3,(H2,16,20). The number of halogens is 4. The predicted molar refractivity (Wildman–Crippen MR) is 74.6 cm³/mol. The van der Waals surface area contributed by atoms with Gasteiger partial charge in [-0.1, -0.05) is 22.9 Å². The Labute approximate surface area is 131 Å². The van der Waals surface area contributed by atoms with Gasteiger partial charge in [-0.15, -0.1) is 10.2 Å². The van der Waals surface area contributed by atoms with Crippen LogP contribution in [0.2, 0.25) is 5.02 Å². The highest BCUT2D eigenvalue weighted by molar-refractivity contribution is 7.15. The van der Waals surface area contributed by atoms with Gasteiger partial charge in [0.05, 0.1) is 12.8 Å². The first-order chi connectivity index (χ1) is 10.2. The number of methoxy groups -OCH3 is 1. The molecule has 11 heteroatoms. The second kappa shape index (κ2) is 5.97. The summed E-state index contributed by atoms with van der Waals surface area (Å²) in [6.07, 6.45) is -4.67. The monoisotopic (exact) mass is 352 g/mol. The normalized spacial score (nSPS) is 11.3. The maximum atomic E-state index is 12.6. The molecule has 0 aliphatic carbocycles. The summed E-state index contributed by atoms with van der Waals surface area (Å²) >= 11 is 6.02. The van der Waals surface area contributed by atoms with Crippen LogP contribution < -0.4 is 15.4 Å². The van der Waals surface area contributed by atoms with Crippen LogP contribution in [0.1, 0.15) is 5.01 Å². The molecule has 0 aliphatic heterocycles. The molecule has 0 fully saturated rings. The van der Waals surface area contributed by atoms with Crippen molar-refractivity contribution in [1.82, 2.24) is 10.2 Å². The fourth-order valence-electron chi connectivity index (χ4n) is 1.57. The molecule has 0 unspecified atom stereocenters. The Morgan fingerprint density at radius 1 is 1.41 bits per heavy atom. The van der Waals surface area contributed by atoms with Gasteiger partial charge in [0.25, 0.3) is 0 Å². The Kier molecular flexibility index (Phi) is 4.42. The van der Waals surface area contributed by atoms with Gasteiger partial charge in [-0.2, -0.15) is 13.2 Å². The Morgan fingerprint density at radius 2 is 2.09 bits per heavy atom. The van der Waals surface area contributed by atoms with E-state index in [-0.39, 0.29) is 32.9 Å². The molecular formula is C11H8ClF3N4O2S. The Bertz CT molecular complexity index is 707. The van der Waals surface area contributed by atoms with Crippen molar-refractivity contribution in [3.63, 3.8) is 0 Å². The minimum absolute atomic E-state index is 0.0624. The van der Waals surface area contributed by atoms with Crippen LogP contribution in [0, 0.1) is 0 Å². The summed E-state index contributed by atoms with van der Waals surface area (Å²) in [6, 6.07) is 3.20. The van der Waals surface area contributed by atoms with E-state index in [1.54, 1.807) is 0 Å². The van der Waals surface area contributed by atoms with Crippen LogP contribution >= 0.6 is 22.9 Å². The molecule has 2 aromatic rings. The highest BCUT2D eigenvalue weighted by Crippen LogP contribution is 2.40. The van der Waals surface area contributed by atoms with E-state index in [9.17, 15) is 18.0 Å². The maximum Gasteiger partial charge on any atom is 0.445 e. The number of alkyl halides is 3. The number of carbonyl (C=O) groups excluding carboxylic acids is 1. The van der Waals surface area contributed by atoms with Gasteiger partial charge < -0.3 is 10.5 Å². The number of hydrogen-bond donors (Lipinski definition) is 1. The second-order valence-electron chi connectivity index (χ2n) is 3.88. The number of anilines is 2. The lowest BCUT2D eigenvalue weighted by Crippen LogP contribution is -2.31. The largest absolute Gasteiger partial charge is 0.495 e. The quantitative estimate of drug-likeness (QED) is 0.917. The van der Waals surface area contributed by atoms with Crippen LogP contribution in [0.4, 0.5) is 28.8 Å². The number of rotatable bonds is 3. The lowest BCUT2D eigenvalue weighted by molar-refractivity contribution is -0.138. The minimum atomic E-state index is -4.67. The molecule has 0 bridgehead atoms. The van der Waals surface area contributed by atoms with E-state index in [2.05, 4.69) is 10.2 Å². The molecule has 2 N–H and O–H groups in total. The fraction of sp³-hybridized carbons (Fsp3) is 0.182. The molecule has 0 spiro atoms. The van der Waals surface area contributed by atoms with Crippen LogP contribution in [0.15, 0.2) is 18.2 Å². The number of nitrogens with zero attached hydrogens (tertiary/aromatic N) is 3. The van der Waals surface area contributed by atoms with Crippen molar-refractivity contribution in [2.45, 2.75) is 6.18 Å². The van der Waals surface area contributed by atoms with E-state index in [0.29, 0.717) is 0 Å². The zero-order valence-electron chi connectivity index (χ0n) is 10.9. The van der Waals surface area contributed by atoms with Crippen molar-refractivity contribution < 1.29 is 22.7 Å². The van der Waals surface area contributed by atoms with Crippen molar-refractivity contribution in [3.8, 4) is 5.75 Å². The zero-order valence-corrected chi connectivity index (χ0v) is 12.5. The number of ether oxygens (including phenoxy) is 1. The van der Waals surface area contributed by atoms with Crippen LogP contribution in [0.25, 0.3) is 0 Å². The number of benzene rings is 1. The number of amides is 2. The summed E-state index contributed by atoms with van der Waals surface area (Å²) in [5, 5.41) is 5.07. The summed E-state index contributed by atoms with van der Waals surface area (Å²) in [6.45, 7) is 0. The van der Waals surface area contributed by atoms with E-state index in [1.807, 2.05) is 0 Å². The van der Waals surface area contributed by atoms with Gasteiger partial charge >= 0.3 is 12.2 Å². The number of urea groups is 1. The van der Waals surface area contributed by atoms with Gasteiger partial charge in [0.1, 0.15) is 5.75 Å². The number of hydrogen-bond acceptors (Lipinski definition) is 5. The second-order valence-corrected chi connectivity index (χ2v) is 5.27. The average molecular weight is 353 g/mol. The summed E-state index contributed by atoms with van der Waals surface area (Å²) in [5.74, 6) is 0.187. The van der Waals surface area contributed by atoms with Crippen molar-refractivity contribution in [2.24, 2.45) is 5.73 Å². The van der Waals surface area contributed by atoms with E-state index < -0.39 is 17.2 Å². The highest BCUT2D eigenvalue weighted by Gasteiger charge is 2.37. The average Bonchev–Trinajstić information content (AvgIpc) is 2.88. The minimum Gasteiger partial charge on any atom is -0.495 e. The Balaban J connectivity index is 2.54. The van der Waals surface area contributed by atoms with E-state index >= 15 is 0 Å². The summed E-state index contributed by atoms with van der Waals surface area (Å²) in [7, 11) is 1.33. The summed E-state index contributed by atoms with van der Waals surface area (Å²) in [4.78, 5) is 12.4. The van der Waals surface area contributed by atoms with Crippen molar-refractivity contribution in [3.05, 3.63) is 28.2 Å². The zero-order chi connectivity index (χ0) is 16.5. The van der Waals surface area contributed by atoms with Crippen LogP contribution in [-0.2, 0) is 6.18 Å². The first kappa shape index (κ1) is 16.3. The summed E-state index contributed by atoms with van der Waals surface area (Å²) < 4.78 is 42.9. The van der Waals surface area contributed by atoms with Gasteiger partial charge in [-0.05, 0) is 18.2 Å². The molecular weight excluding hydrogens is 345 g/mol. The number of carbonyl (C=O) groups is 1. The molecule has 2 rings (SSSR count). The number of aromatic nitrogens is 2. The fourth-order valence-corrected chi connectivity index (χ4v) is 2.47. The topological polar surface area (TPSA) is 81.3 Å². The van der Waals surface area contributed by atoms with E-state index in [1.165, 1.54) is 25.3 Å². The van der Waals surface area contributed by atoms with Gasteiger partial charge in [-0.3, -0.25) is 0 Å². The Hall–Kier alpha value is -2.07. The summed E-state index contributed by atoms with van der Waals surface area (Å²) in [5.41, 5.74) is 5.30. The van der Waals surface area contributed by atoms with Crippen LogP contribution in [0.3, 0.4) is 0 Å². The Morgan fingerprint density at radius 3 is 2.59 bits per heavy atom. The smallest absolute Gasteiger partial charge is 0.445 e. The first-order valence-corrected chi connectivity index (χ1v) is 6.77. The molecule has 22 heavy (non-hydrogen) atoms. The SMILES string of the molecule is COc1ccc(Cl)cc1N(C(N)=O)c1nnc(C(F)(F)F)s1. The van der Waals surface area contributed by atoms with Gasteiger partial charge in [0.2, 0.25) is 10.1 Å². The molecule has 1 heterocycles. The molecule has 6 nitrogen and oxygen atoms in total. The van der Waals surface area contributed by atoms with Crippen molar-refractivity contribution >= 4 is 39.8 Å². The molecule has 0 saturated carbocycles. The highest BCUT2D eigenvalue weighted by atomic mass is 35.5. The molecule has 2 amide bonds. The molecule has 0 aliphatic rings. The molecule has 1 aromatic carbocycles. The first-order valence-electron chi connectivity index (χ1n) is 5.58.